The van der Waals surface area contributed by atoms with E-state index in [0.717, 1.165) is 6.29 Å². The van der Waals surface area contributed by atoms with E-state index in [9.17, 15) is 9.50 Å². The third-order valence-electron chi connectivity index (χ3n) is 2.98. The predicted molar refractivity (Wildman–Crippen MR) is 88.7 cm³/mol. The highest BCUT2D eigenvalue weighted by molar-refractivity contribution is 9.10. The van der Waals surface area contributed by atoms with E-state index < -0.39 is 5.95 Å². The summed E-state index contributed by atoms with van der Waals surface area (Å²) in [5.41, 5.74) is 1.03. The van der Waals surface area contributed by atoms with Gasteiger partial charge in [0.15, 0.2) is 0 Å². The van der Waals surface area contributed by atoms with Crippen LogP contribution in [-0.4, -0.2) is 28.3 Å². The molecule has 0 saturated carbocycles. The molecule has 1 N–H and O–H groups in total. The Hall–Kier alpha value is -2.41. The summed E-state index contributed by atoms with van der Waals surface area (Å²) in [6, 6.07) is 9.56. The number of rotatable bonds is 2. The number of hydrogen-bond donors (Lipinski definition) is 1. The number of phenolic OH excluding ortho intramolecular Hbond substituents is 1. The standard InChI is InChI=1S/C14H10BrFN2O2.C2H4O/c1-20-9-3-5-13(11(15)7-9)18-14(16)10-6-8(19)2-4-12(10)17-18;1-2-3/h2-7,19H,1H3;2H,1H3. The minimum absolute atomic E-state index is 0.00440. The van der Waals surface area contributed by atoms with Crippen molar-refractivity contribution in [1.29, 1.82) is 0 Å². The topological polar surface area (TPSA) is 64.4 Å². The van der Waals surface area contributed by atoms with Crippen LogP contribution in [0.5, 0.6) is 11.5 Å². The van der Waals surface area contributed by atoms with Crippen molar-refractivity contribution in [3.63, 3.8) is 0 Å². The molecule has 1 aromatic heterocycles. The number of fused-ring (bicyclic) bond motifs is 1. The average molecular weight is 381 g/mol. The average Bonchev–Trinajstić information content (AvgIpc) is 2.84. The molecule has 0 fully saturated rings. The van der Waals surface area contributed by atoms with Crippen molar-refractivity contribution in [3.05, 3.63) is 46.8 Å². The first-order valence-electron chi connectivity index (χ1n) is 6.62. The second kappa shape index (κ2) is 7.23. The molecule has 2 aromatic carbocycles. The van der Waals surface area contributed by atoms with Crippen LogP contribution >= 0.6 is 15.9 Å². The molecule has 1 heterocycles. The van der Waals surface area contributed by atoms with Crippen LogP contribution in [0.3, 0.4) is 0 Å². The zero-order valence-corrected chi connectivity index (χ0v) is 14.0. The van der Waals surface area contributed by atoms with Crippen LogP contribution in [0, 0.1) is 5.95 Å². The highest BCUT2D eigenvalue weighted by Crippen LogP contribution is 2.29. The molecule has 0 aliphatic heterocycles. The molecule has 3 aromatic rings. The molecule has 0 amide bonds. The molecule has 7 heteroatoms. The molecule has 0 saturated heterocycles. The number of aromatic nitrogens is 2. The maximum absolute atomic E-state index is 14.4. The summed E-state index contributed by atoms with van der Waals surface area (Å²) in [5.74, 6) is 0.141. The molecule has 120 valence electrons. The number of hydrogen-bond acceptors (Lipinski definition) is 4. The van der Waals surface area contributed by atoms with E-state index in [1.165, 1.54) is 23.7 Å². The largest absolute Gasteiger partial charge is 0.508 e. The fourth-order valence-electron chi connectivity index (χ4n) is 1.99. The van der Waals surface area contributed by atoms with E-state index in [1.54, 1.807) is 31.4 Å². The van der Waals surface area contributed by atoms with E-state index in [0.29, 0.717) is 21.4 Å². The summed E-state index contributed by atoms with van der Waals surface area (Å²) >= 11 is 3.37. The lowest BCUT2D eigenvalue weighted by atomic mass is 10.2. The number of carbonyl (C=O) groups is 1. The first-order valence-corrected chi connectivity index (χ1v) is 7.42. The number of carbonyl (C=O) groups excluding carboxylic acids is 1. The summed E-state index contributed by atoms with van der Waals surface area (Å²) in [5, 5.41) is 13.9. The van der Waals surface area contributed by atoms with Gasteiger partial charge in [-0.2, -0.15) is 9.49 Å². The van der Waals surface area contributed by atoms with Crippen molar-refractivity contribution < 1.29 is 19.0 Å². The number of aromatic hydroxyl groups is 1. The number of ether oxygens (including phenoxy) is 1. The molecule has 0 spiro atoms. The number of methoxy groups -OCH3 is 1. The van der Waals surface area contributed by atoms with Gasteiger partial charge in [-0.25, -0.2) is 4.68 Å². The van der Waals surface area contributed by atoms with Gasteiger partial charge < -0.3 is 14.6 Å². The van der Waals surface area contributed by atoms with Gasteiger partial charge in [-0.15, -0.1) is 0 Å². The van der Waals surface area contributed by atoms with Gasteiger partial charge in [0.1, 0.15) is 17.8 Å². The van der Waals surface area contributed by atoms with Crippen LogP contribution in [0.1, 0.15) is 6.92 Å². The molecular formula is C16H14BrFN2O3. The van der Waals surface area contributed by atoms with Gasteiger partial charge in [-0.1, -0.05) is 0 Å². The third kappa shape index (κ3) is 3.50. The Bertz CT molecular complexity index is 849. The van der Waals surface area contributed by atoms with Gasteiger partial charge in [0, 0.05) is 4.47 Å². The minimum Gasteiger partial charge on any atom is -0.508 e. The Kier molecular flexibility index (Phi) is 5.33. The first kappa shape index (κ1) is 17.0. The van der Waals surface area contributed by atoms with Crippen LogP contribution in [0.4, 0.5) is 4.39 Å². The lowest BCUT2D eigenvalue weighted by molar-refractivity contribution is -0.106. The smallest absolute Gasteiger partial charge is 0.224 e. The Morgan fingerprint density at radius 2 is 2.00 bits per heavy atom. The maximum Gasteiger partial charge on any atom is 0.224 e. The van der Waals surface area contributed by atoms with Gasteiger partial charge in [0.25, 0.3) is 0 Å². The highest BCUT2D eigenvalue weighted by Gasteiger charge is 2.15. The zero-order chi connectivity index (χ0) is 17.0. The Balaban J connectivity index is 0.000000595. The van der Waals surface area contributed by atoms with E-state index in [-0.39, 0.29) is 11.1 Å². The number of benzene rings is 2. The Morgan fingerprint density at radius 3 is 2.61 bits per heavy atom. The molecule has 0 unspecified atom stereocenters. The lowest BCUT2D eigenvalue weighted by Gasteiger charge is -2.07. The molecule has 0 aliphatic rings. The second-order valence-electron chi connectivity index (χ2n) is 4.46. The summed E-state index contributed by atoms with van der Waals surface area (Å²) < 4.78 is 21.3. The normalized spacial score (nSPS) is 10.1. The van der Waals surface area contributed by atoms with Crippen molar-refractivity contribution in [3.8, 4) is 17.2 Å². The fourth-order valence-corrected chi connectivity index (χ4v) is 2.51. The predicted octanol–water partition coefficient (Wildman–Crippen LogP) is 3.85. The van der Waals surface area contributed by atoms with Crippen molar-refractivity contribution in [2.24, 2.45) is 0 Å². The molecule has 23 heavy (non-hydrogen) atoms. The molecule has 0 atom stereocenters. The quantitative estimate of drug-likeness (QED) is 0.685. The monoisotopic (exact) mass is 380 g/mol. The SMILES string of the molecule is CC=O.COc1ccc(-n2nc3ccc(O)cc3c2F)c(Br)c1. The van der Waals surface area contributed by atoms with Crippen molar-refractivity contribution in [2.75, 3.05) is 7.11 Å². The number of halogens is 2. The van der Waals surface area contributed by atoms with Gasteiger partial charge in [-0.05, 0) is 59.3 Å². The second-order valence-corrected chi connectivity index (χ2v) is 5.31. The summed E-state index contributed by atoms with van der Waals surface area (Å²) in [4.78, 5) is 8.81. The summed E-state index contributed by atoms with van der Waals surface area (Å²) in [6.45, 7) is 1.44. The van der Waals surface area contributed by atoms with Crippen LogP contribution < -0.4 is 4.74 Å². The minimum atomic E-state index is -0.526. The van der Waals surface area contributed by atoms with E-state index >= 15 is 0 Å². The molecule has 5 nitrogen and oxygen atoms in total. The van der Waals surface area contributed by atoms with Crippen molar-refractivity contribution in [1.82, 2.24) is 9.78 Å². The van der Waals surface area contributed by atoms with Gasteiger partial charge >= 0.3 is 0 Å². The Labute approximate surface area is 140 Å². The van der Waals surface area contributed by atoms with Crippen molar-refractivity contribution in [2.45, 2.75) is 6.92 Å². The van der Waals surface area contributed by atoms with Crippen molar-refractivity contribution >= 4 is 33.1 Å². The molecule has 3 rings (SSSR count). The van der Waals surface area contributed by atoms with Gasteiger partial charge in [0.2, 0.25) is 5.95 Å². The molecule has 0 aliphatic carbocycles. The van der Waals surface area contributed by atoms with Crippen LogP contribution in [-0.2, 0) is 4.79 Å². The number of nitrogens with zero attached hydrogens (tertiary/aromatic N) is 2. The van der Waals surface area contributed by atoms with Gasteiger partial charge in [0.05, 0.1) is 23.7 Å². The summed E-state index contributed by atoms with van der Waals surface area (Å²) in [6.07, 6.45) is 0.750. The first-order chi connectivity index (χ1) is 11.0. The van der Waals surface area contributed by atoms with E-state index in [4.69, 9.17) is 9.53 Å². The van der Waals surface area contributed by atoms with E-state index in [2.05, 4.69) is 21.0 Å². The molecule has 0 bridgehead atoms. The lowest BCUT2D eigenvalue weighted by Crippen LogP contribution is -2.00. The zero-order valence-electron chi connectivity index (χ0n) is 12.5. The number of aldehydes is 1. The van der Waals surface area contributed by atoms with Crippen LogP contribution in [0.2, 0.25) is 0 Å². The molecular weight excluding hydrogens is 367 g/mol. The number of phenols is 1. The van der Waals surface area contributed by atoms with Crippen LogP contribution in [0.25, 0.3) is 16.6 Å². The maximum atomic E-state index is 14.4. The highest BCUT2D eigenvalue weighted by atomic mass is 79.9. The Morgan fingerprint density at radius 1 is 1.30 bits per heavy atom. The third-order valence-corrected chi connectivity index (χ3v) is 3.61. The van der Waals surface area contributed by atoms with E-state index in [1.807, 2.05) is 0 Å². The summed E-state index contributed by atoms with van der Waals surface area (Å²) in [7, 11) is 1.56. The van der Waals surface area contributed by atoms with Gasteiger partial charge in [-0.3, -0.25) is 0 Å². The fraction of sp³-hybridized carbons (Fsp3) is 0.125. The molecule has 0 radical (unpaired) electrons. The van der Waals surface area contributed by atoms with Crippen LogP contribution in [0.15, 0.2) is 40.9 Å².